The van der Waals surface area contributed by atoms with E-state index in [9.17, 15) is 9.59 Å². The average Bonchev–Trinajstić information content (AvgIpc) is 3.52. The SMILES string of the molecule is C/C(=N/NC(=O)c1ccc(N(C)C)cc1)c1ccc(NC(=O)C2CC2)cc1. The fraction of sp³-hybridized carbons (Fsp3) is 0.286. The van der Waals surface area contributed by atoms with Crippen LogP contribution in [0.3, 0.4) is 0 Å². The van der Waals surface area contributed by atoms with Crippen LogP contribution in [0.15, 0.2) is 53.6 Å². The minimum atomic E-state index is -0.257. The molecule has 27 heavy (non-hydrogen) atoms. The van der Waals surface area contributed by atoms with E-state index in [4.69, 9.17) is 0 Å². The first kappa shape index (κ1) is 18.6. The summed E-state index contributed by atoms with van der Waals surface area (Å²) in [5.74, 6) is 0.00337. The van der Waals surface area contributed by atoms with Gasteiger partial charge in [0.25, 0.3) is 5.91 Å². The Morgan fingerprint density at radius 2 is 1.56 bits per heavy atom. The van der Waals surface area contributed by atoms with E-state index in [1.807, 2.05) is 62.3 Å². The van der Waals surface area contributed by atoms with Gasteiger partial charge in [-0.1, -0.05) is 12.1 Å². The maximum Gasteiger partial charge on any atom is 0.271 e. The molecule has 6 heteroatoms. The predicted molar refractivity (Wildman–Crippen MR) is 108 cm³/mol. The first-order valence-corrected chi connectivity index (χ1v) is 8.97. The number of hydrogen-bond acceptors (Lipinski definition) is 4. The summed E-state index contributed by atoms with van der Waals surface area (Å²) in [5.41, 5.74) is 6.50. The Morgan fingerprint density at radius 1 is 0.963 bits per heavy atom. The number of amides is 2. The van der Waals surface area contributed by atoms with Crippen LogP contribution < -0.4 is 15.6 Å². The second-order valence-electron chi connectivity index (χ2n) is 6.92. The van der Waals surface area contributed by atoms with Gasteiger partial charge in [-0.15, -0.1) is 0 Å². The zero-order valence-corrected chi connectivity index (χ0v) is 15.8. The van der Waals surface area contributed by atoms with Gasteiger partial charge in [-0.2, -0.15) is 5.10 Å². The van der Waals surface area contributed by atoms with Crippen molar-refractivity contribution in [3.05, 3.63) is 59.7 Å². The molecule has 140 valence electrons. The largest absolute Gasteiger partial charge is 0.378 e. The summed E-state index contributed by atoms with van der Waals surface area (Å²) in [6.45, 7) is 1.83. The van der Waals surface area contributed by atoms with Crippen LogP contribution in [0.4, 0.5) is 11.4 Å². The van der Waals surface area contributed by atoms with Crippen molar-refractivity contribution in [1.82, 2.24) is 5.43 Å². The predicted octanol–water partition coefficient (Wildman–Crippen LogP) is 3.26. The van der Waals surface area contributed by atoms with Crippen molar-refractivity contribution < 1.29 is 9.59 Å². The van der Waals surface area contributed by atoms with Gasteiger partial charge in [-0.25, -0.2) is 5.43 Å². The molecule has 6 nitrogen and oxygen atoms in total. The number of nitrogens with zero attached hydrogens (tertiary/aromatic N) is 2. The van der Waals surface area contributed by atoms with E-state index in [1.165, 1.54) is 0 Å². The van der Waals surface area contributed by atoms with Gasteiger partial charge in [0, 0.05) is 37.0 Å². The third-order valence-electron chi connectivity index (χ3n) is 4.49. The van der Waals surface area contributed by atoms with E-state index in [-0.39, 0.29) is 17.7 Å². The third kappa shape index (κ3) is 4.94. The molecule has 0 radical (unpaired) electrons. The van der Waals surface area contributed by atoms with Crippen molar-refractivity contribution >= 4 is 28.9 Å². The smallest absolute Gasteiger partial charge is 0.271 e. The lowest BCUT2D eigenvalue weighted by atomic mass is 10.1. The second-order valence-corrected chi connectivity index (χ2v) is 6.92. The summed E-state index contributed by atoms with van der Waals surface area (Å²) in [5, 5.41) is 7.08. The Morgan fingerprint density at radius 3 is 2.11 bits per heavy atom. The van der Waals surface area contributed by atoms with E-state index in [1.54, 1.807) is 12.1 Å². The highest BCUT2D eigenvalue weighted by Crippen LogP contribution is 2.30. The maximum absolute atomic E-state index is 12.2. The number of rotatable bonds is 6. The summed E-state index contributed by atoms with van der Waals surface area (Å²) in [6.07, 6.45) is 1.96. The summed E-state index contributed by atoms with van der Waals surface area (Å²) in [7, 11) is 3.90. The number of nitrogens with one attached hydrogen (secondary N) is 2. The molecule has 0 bridgehead atoms. The number of anilines is 2. The fourth-order valence-electron chi connectivity index (χ4n) is 2.56. The van der Waals surface area contributed by atoms with Crippen molar-refractivity contribution in [3.8, 4) is 0 Å². The van der Waals surface area contributed by atoms with E-state index in [0.717, 1.165) is 29.8 Å². The van der Waals surface area contributed by atoms with Crippen molar-refractivity contribution in [2.45, 2.75) is 19.8 Å². The average molecular weight is 364 g/mol. The Hall–Kier alpha value is -3.15. The molecule has 0 atom stereocenters. The lowest BCUT2D eigenvalue weighted by Crippen LogP contribution is -2.19. The summed E-state index contributed by atoms with van der Waals surface area (Å²) >= 11 is 0. The summed E-state index contributed by atoms with van der Waals surface area (Å²) < 4.78 is 0. The maximum atomic E-state index is 12.2. The molecule has 2 N–H and O–H groups in total. The normalized spacial score (nSPS) is 13.8. The van der Waals surface area contributed by atoms with E-state index < -0.39 is 0 Å². The van der Waals surface area contributed by atoms with Gasteiger partial charge in [-0.3, -0.25) is 9.59 Å². The van der Waals surface area contributed by atoms with Gasteiger partial charge < -0.3 is 10.2 Å². The van der Waals surface area contributed by atoms with Gasteiger partial charge in [0.15, 0.2) is 0 Å². The van der Waals surface area contributed by atoms with Gasteiger partial charge in [-0.05, 0) is 61.7 Å². The quantitative estimate of drug-likeness (QED) is 0.610. The van der Waals surface area contributed by atoms with E-state index in [0.29, 0.717) is 11.3 Å². The Kier molecular flexibility index (Phi) is 5.54. The molecule has 0 aromatic heterocycles. The first-order chi connectivity index (χ1) is 12.9. The summed E-state index contributed by atoms with van der Waals surface area (Å²) in [4.78, 5) is 26.0. The van der Waals surface area contributed by atoms with Crippen LogP contribution >= 0.6 is 0 Å². The second kappa shape index (κ2) is 8.03. The van der Waals surface area contributed by atoms with Crippen molar-refractivity contribution in [2.24, 2.45) is 11.0 Å². The van der Waals surface area contributed by atoms with Crippen molar-refractivity contribution in [1.29, 1.82) is 0 Å². The molecular weight excluding hydrogens is 340 g/mol. The Balaban J connectivity index is 1.59. The Labute approximate surface area is 159 Å². The van der Waals surface area contributed by atoms with Crippen LogP contribution in [0.2, 0.25) is 0 Å². The molecule has 0 saturated heterocycles. The highest BCUT2D eigenvalue weighted by molar-refractivity contribution is 6.01. The molecule has 1 aliphatic rings. The van der Waals surface area contributed by atoms with Crippen molar-refractivity contribution in [2.75, 3.05) is 24.3 Å². The standard InChI is InChI=1S/C21H24N4O2/c1-14(15-6-10-18(11-7-15)22-20(26)16-4-5-16)23-24-21(27)17-8-12-19(13-9-17)25(2)3/h6-13,16H,4-5H2,1-3H3,(H,22,26)(H,24,27)/b23-14-. The lowest BCUT2D eigenvalue weighted by Gasteiger charge is -2.12. The van der Waals surface area contributed by atoms with Crippen LogP contribution in [0, 0.1) is 5.92 Å². The lowest BCUT2D eigenvalue weighted by molar-refractivity contribution is -0.117. The highest BCUT2D eigenvalue weighted by Gasteiger charge is 2.29. The first-order valence-electron chi connectivity index (χ1n) is 8.97. The highest BCUT2D eigenvalue weighted by atomic mass is 16.2. The zero-order chi connectivity index (χ0) is 19.4. The van der Waals surface area contributed by atoms with E-state index >= 15 is 0 Å². The van der Waals surface area contributed by atoms with Crippen LogP contribution in [0.25, 0.3) is 0 Å². The minimum absolute atomic E-state index is 0.0840. The molecule has 2 aromatic rings. The molecule has 1 saturated carbocycles. The molecule has 0 heterocycles. The van der Waals surface area contributed by atoms with Crippen molar-refractivity contribution in [3.63, 3.8) is 0 Å². The van der Waals surface area contributed by atoms with Crippen LogP contribution in [-0.4, -0.2) is 31.6 Å². The van der Waals surface area contributed by atoms with Gasteiger partial charge in [0.05, 0.1) is 5.71 Å². The number of carbonyl (C=O) groups is 2. The molecular formula is C21H24N4O2. The molecule has 0 unspecified atom stereocenters. The monoisotopic (exact) mass is 364 g/mol. The number of hydrogen-bond donors (Lipinski definition) is 2. The van der Waals surface area contributed by atoms with Crippen LogP contribution in [0.1, 0.15) is 35.7 Å². The molecule has 1 fully saturated rings. The van der Waals surface area contributed by atoms with Gasteiger partial charge >= 0.3 is 0 Å². The fourth-order valence-corrected chi connectivity index (χ4v) is 2.56. The van der Waals surface area contributed by atoms with E-state index in [2.05, 4.69) is 15.8 Å². The third-order valence-corrected chi connectivity index (χ3v) is 4.49. The minimum Gasteiger partial charge on any atom is -0.378 e. The molecule has 3 rings (SSSR count). The number of benzene rings is 2. The molecule has 0 spiro atoms. The molecule has 1 aliphatic carbocycles. The van der Waals surface area contributed by atoms with Gasteiger partial charge in [0.1, 0.15) is 0 Å². The molecule has 2 amide bonds. The Bertz CT molecular complexity index is 851. The molecule has 0 aliphatic heterocycles. The summed E-state index contributed by atoms with van der Waals surface area (Å²) in [6, 6.07) is 14.8. The van der Waals surface area contributed by atoms with Gasteiger partial charge in [0.2, 0.25) is 5.91 Å². The number of carbonyl (C=O) groups excluding carboxylic acids is 2. The topological polar surface area (TPSA) is 73.8 Å². The van der Waals surface area contributed by atoms with Crippen LogP contribution in [-0.2, 0) is 4.79 Å². The zero-order valence-electron chi connectivity index (χ0n) is 15.8. The van der Waals surface area contributed by atoms with Crippen LogP contribution in [0.5, 0.6) is 0 Å². The molecule has 2 aromatic carbocycles. The number of hydrazone groups is 1.